The molecule has 1 nitrogen and oxygen atoms in total. The van der Waals surface area contributed by atoms with Crippen LogP contribution in [-0.2, 0) is 4.74 Å². The molecule has 2 aliphatic carbocycles. The smallest absolute Gasteiger partial charge is 0.122 e. The maximum absolute atomic E-state index is 12.9. The fourth-order valence-electron chi connectivity index (χ4n) is 2.41. The van der Waals surface area contributed by atoms with E-state index in [1.165, 1.54) is 31.8 Å². The molecule has 2 aliphatic rings. The van der Waals surface area contributed by atoms with Crippen LogP contribution in [0.5, 0.6) is 0 Å². The molecule has 15 heavy (non-hydrogen) atoms. The Morgan fingerprint density at radius 1 is 1.33 bits per heavy atom. The highest BCUT2D eigenvalue weighted by atomic mass is 19.1. The van der Waals surface area contributed by atoms with Crippen LogP contribution >= 0.6 is 0 Å². The van der Waals surface area contributed by atoms with Crippen LogP contribution in [0.1, 0.15) is 44.9 Å². The Morgan fingerprint density at radius 2 is 2.13 bits per heavy atom. The molecule has 0 aromatic carbocycles. The second-order valence-corrected chi connectivity index (χ2v) is 4.53. The average molecular weight is 210 g/mol. The fourth-order valence-corrected chi connectivity index (χ4v) is 2.41. The summed E-state index contributed by atoms with van der Waals surface area (Å²) in [4.78, 5) is 0. The van der Waals surface area contributed by atoms with E-state index in [0.29, 0.717) is 0 Å². The number of hydrogen-bond acceptors (Lipinski definition) is 1. The Labute approximate surface area is 91.0 Å². The minimum absolute atomic E-state index is 0.142. The minimum Gasteiger partial charge on any atom is -0.498 e. The number of hydrogen-bond donors (Lipinski definition) is 0. The van der Waals surface area contributed by atoms with E-state index in [4.69, 9.17) is 4.74 Å². The number of ether oxygens (including phenoxy) is 1. The topological polar surface area (TPSA) is 9.23 Å². The molecule has 0 heterocycles. The molecule has 1 saturated carbocycles. The average Bonchev–Trinajstić information content (AvgIpc) is 2.71. The van der Waals surface area contributed by atoms with Gasteiger partial charge in [0.05, 0.1) is 12.4 Å². The first-order valence-corrected chi connectivity index (χ1v) is 6.03. The summed E-state index contributed by atoms with van der Waals surface area (Å²) in [6.07, 6.45) is 11.4. The van der Waals surface area contributed by atoms with Crippen LogP contribution in [0.25, 0.3) is 0 Å². The Bertz CT molecular complexity index is 262. The molecule has 0 amide bonds. The van der Waals surface area contributed by atoms with E-state index >= 15 is 0 Å². The second kappa shape index (κ2) is 5.34. The van der Waals surface area contributed by atoms with E-state index in [1.54, 1.807) is 6.08 Å². The summed E-state index contributed by atoms with van der Waals surface area (Å²) in [6.45, 7) is 0.768. The Hall–Kier alpha value is -0.790. The van der Waals surface area contributed by atoms with Crippen molar-refractivity contribution in [3.05, 3.63) is 23.7 Å². The maximum atomic E-state index is 12.9. The van der Waals surface area contributed by atoms with Crippen LogP contribution in [0.2, 0.25) is 0 Å². The molecule has 0 aromatic rings. The van der Waals surface area contributed by atoms with Gasteiger partial charge in [-0.15, -0.1) is 0 Å². The van der Waals surface area contributed by atoms with Gasteiger partial charge in [0.15, 0.2) is 0 Å². The molecule has 1 fully saturated rings. The molecule has 0 atom stereocenters. The van der Waals surface area contributed by atoms with E-state index < -0.39 is 0 Å². The van der Waals surface area contributed by atoms with E-state index in [9.17, 15) is 4.39 Å². The molecule has 0 N–H and O–H groups in total. The Kier molecular flexibility index (Phi) is 3.81. The van der Waals surface area contributed by atoms with Crippen LogP contribution in [-0.4, -0.2) is 6.61 Å². The van der Waals surface area contributed by atoms with Crippen LogP contribution in [0.4, 0.5) is 4.39 Å². The standard InChI is InChI=1S/C13H19FO/c14-12-6-3-7-13(10-12)15-9-8-11-4-1-2-5-11/h6,10-11H,1-5,7-9H2. The third kappa shape index (κ3) is 3.37. The van der Waals surface area contributed by atoms with E-state index in [0.717, 1.165) is 37.5 Å². The third-order valence-electron chi connectivity index (χ3n) is 3.32. The van der Waals surface area contributed by atoms with Gasteiger partial charge in [0.25, 0.3) is 0 Å². The summed E-state index contributed by atoms with van der Waals surface area (Å²) in [5, 5.41) is 0. The molecule has 0 aromatic heterocycles. The summed E-state index contributed by atoms with van der Waals surface area (Å²) < 4.78 is 18.5. The van der Waals surface area contributed by atoms with Crippen molar-refractivity contribution in [3.8, 4) is 0 Å². The molecule has 2 rings (SSSR count). The zero-order valence-electron chi connectivity index (χ0n) is 9.18. The highest BCUT2D eigenvalue weighted by Crippen LogP contribution is 2.28. The molecule has 0 radical (unpaired) electrons. The first kappa shape index (κ1) is 10.7. The first-order valence-electron chi connectivity index (χ1n) is 6.03. The lowest BCUT2D eigenvalue weighted by Crippen LogP contribution is -2.03. The molecule has 0 spiro atoms. The predicted octanol–water partition coefficient (Wildman–Crippen LogP) is 4.11. The van der Waals surface area contributed by atoms with Crippen molar-refractivity contribution in [1.29, 1.82) is 0 Å². The molecule has 0 unspecified atom stereocenters. The van der Waals surface area contributed by atoms with Gasteiger partial charge in [-0.05, 0) is 24.8 Å². The van der Waals surface area contributed by atoms with Crippen molar-refractivity contribution < 1.29 is 9.13 Å². The normalized spacial score (nSPS) is 22.5. The zero-order chi connectivity index (χ0) is 10.5. The molecular weight excluding hydrogens is 191 g/mol. The lowest BCUT2D eigenvalue weighted by atomic mass is 10.1. The van der Waals surface area contributed by atoms with Gasteiger partial charge in [0, 0.05) is 12.5 Å². The number of rotatable bonds is 4. The molecule has 0 bridgehead atoms. The van der Waals surface area contributed by atoms with Crippen LogP contribution in [0.3, 0.4) is 0 Å². The summed E-state index contributed by atoms with van der Waals surface area (Å²) in [5.74, 6) is 1.54. The summed E-state index contributed by atoms with van der Waals surface area (Å²) in [5.41, 5.74) is 0. The van der Waals surface area contributed by atoms with Gasteiger partial charge in [-0.25, -0.2) is 4.39 Å². The lowest BCUT2D eigenvalue weighted by molar-refractivity contribution is 0.180. The largest absolute Gasteiger partial charge is 0.498 e. The first-order chi connectivity index (χ1) is 7.34. The molecular formula is C13H19FO. The number of allylic oxidation sites excluding steroid dienone is 4. The Morgan fingerprint density at radius 3 is 2.87 bits per heavy atom. The second-order valence-electron chi connectivity index (χ2n) is 4.53. The van der Waals surface area contributed by atoms with Gasteiger partial charge >= 0.3 is 0 Å². The quantitative estimate of drug-likeness (QED) is 0.678. The minimum atomic E-state index is -0.142. The lowest BCUT2D eigenvalue weighted by Gasteiger charge is -2.14. The zero-order valence-corrected chi connectivity index (χ0v) is 9.18. The van der Waals surface area contributed by atoms with Gasteiger partial charge in [0.1, 0.15) is 5.83 Å². The van der Waals surface area contributed by atoms with Crippen molar-refractivity contribution in [1.82, 2.24) is 0 Å². The van der Waals surface area contributed by atoms with Crippen molar-refractivity contribution in [2.24, 2.45) is 5.92 Å². The van der Waals surface area contributed by atoms with Crippen molar-refractivity contribution >= 4 is 0 Å². The van der Waals surface area contributed by atoms with Crippen molar-refractivity contribution in [2.45, 2.75) is 44.9 Å². The van der Waals surface area contributed by atoms with Crippen molar-refractivity contribution in [3.63, 3.8) is 0 Å². The molecule has 0 saturated heterocycles. The summed E-state index contributed by atoms with van der Waals surface area (Å²) >= 11 is 0. The van der Waals surface area contributed by atoms with E-state index in [-0.39, 0.29) is 5.83 Å². The fraction of sp³-hybridized carbons (Fsp3) is 0.692. The van der Waals surface area contributed by atoms with Crippen molar-refractivity contribution in [2.75, 3.05) is 6.61 Å². The van der Waals surface area contributed by atoms with E-state index in [2.05, 4.69) is 0 Å². The van der Waals surface area contributed by atoms with E-state index in [1.807, 2.05) is 0 Å². The molecule has 0 aliphatic heterocycles. The van der Waals surface area contributed by atoms with Gasteiger partial charge in [-0.3, -0.25) is 0 Å². The summed E-state index contributed by atoms with van der Waals surface area (Å²) in [7, 11) is 0. The highest BCUT2D eigenvalue weighted by molar-refractivity contribution is 5.19. The van der Waals surface area contributed by atoms with Gasteiger partial charge in [-0.2, -0.15) is 0 Å². The monoisotopic (exact) mass is 210 g/mol. The summed E-state index contributed by atoms with van der Waals surface area (Å²) in [6, 6.07) is 0. The SMILES string of the molecule is FC1=CCCC(OCCC2CCCC2)=C1. The molecule has 84 valence electrons. The molecule has 2 heteroatoms. The maximum Gasteiger partial charge on any atom is 0.122 e. The van der Waals surface area contributed by atoms with Crippen LogP contribution in [0.15, 0.2) is 23.7 Å². The number of halogens is 1. The third-order valence-corrected chi connectivity index (χ3v) is 3.32. The van der Waals surface area contributed by atoms with Crippen LogP contribution in [0, 0.1) is 5.92 Å². The van der Waals surface area contributed by atoms with Gasteiger partial charge in [0.2, 0.25) is 0 Å². The highest BCUT2D eigenvalue weighted by Gasteiger charge is 2.15. The van der Waals surface area contributed by atoms with Gasteiger partial charge in [-0.1, -0.05) is 25.7 Å². The van der Waals surface area contributed by atoms with Crippen LogP contribution < -0.4 is 0 Å². The van der Waals surface area contributed by atoms with Gasteiger partial charge < -0.3 is 4.74 Å². The predicted molar refractivity (Wildman–Crippen MR) is 59.0 cm³/mol. The Balaban J connectivity index is 1.67.